The molecule has 2 nitrogen and oxygen atoms in total. The van der Waals surface area contributed by atoms with E-state index in [0.29, 0.717) is 5.41 Å². The smallest absolute Gasteiger partial charge is 0.00965 e. The van der Waals surface area contributed by atoms with Crippen molar-refractivity contribution in [3.05, 3.63) is 0 Å². The van der Waals surface area contributed by atoms with Gasteiger partial charge in [0.25, 0.3) is 0 Å². The first-order valence-corrected chi connectivity index (χ1v) is 7.76. The summed E-state index contributed by atoms with van der Waals surface area (Å²) in [6, 6.07) is 0. The average molecular weight is 254 g/mol. The van der Waals surface area contributed by atoms with Gasteiger partial charge in [-0.25, -0.2) is 0 Å². The molecule has 0 radical (unpaired) electrons. The van der Waals surface area contributed by atoms with Crippen LogP contribution in [0.1, 0.15) is 66.7 Å². The van der Waals surface area contributed by atoms with Crippen LogP contribution in [-0.4, -0.2) is 36.6 Å². The summed E-state index contributed by atoms with van der Waals surface area (Å²) < 4.78 is 0. The molecule has 0 aliphatic carbocycles. The molecular formula is C16H34N2. The molecule has 0 saturated carbocycles. The van der Waals surface area contributed by atoms with Crippen molar-refractivity contribution < 1.29 is 0 Å². The molecule has 0 aromatic carbocycles. The van der Waals surface area contributed by atoms with Gasteiger partial charge in [-0.3, -0.25) is 0 Å². The molecule has 1 N–H and O–H groups in total. The van der Waals surface area contributed by atoms with E-state index in [9.17, 15) is 0 Å². The predicted molar refractivity (Wildman–Crippen MR) is 81.1 cm³/mol. The summed E-state index contributed by atoms with van der Waals surface area (Å²) in [6.45, 7) is 16.6. The van der Waals surface area contributed by atoms with Crippen LogP contribution in [0.3, 0.4) is 0 Å². The summed E-state index contributed by atoms with van der Waals surface area (Å²) in [4.78, 5) is 2.67. The van der Waals surface area contributed by atoms with Gasteiger partial charge in [0.2, 0.25) is 0 Å². The monoisotopic (exact) mass is 254 g/mol. The fraction of sp³-hybridized carbons (Fsp3) is 1.00. The van der Waals surface area contributed by atoms with Gasteiger partial charge in [0.05, 0.1) is 0 Å². The minimum Gasteiger partial charge on any atom is -0.312 e. The maximum atomic E-state index is 3.56. The summed E-state index contributed by atoms with van der Waals surface area (Å²) in [5.41, 5.74) is 0.822. The zero-order valence-electron chi connectivity index (χ0n) is 13.3. The van der Waals surface area contributed by atoms with E-state index in [0.717, 1.165) is 6.54 Å². The number of unbranched alkanes of at least 4 members (excludes halogenated alkanes) is 2. The molecule has 0 aromatic heterocycles. The summed E-state index contributed by atoms with van der Waals surface area (Å²) in [6.07, 6.45) is 6.83. The van der Waals surface area contributed by atoms with Crippen molar-refractivity contribution in [2.75, 3.05) is 26.2 Å². The number of nitrogens with zero attached hydrogens (tertiary/aromatic N) is 1. The third-order valence-corrected chi connectivity index (χ3v) is 3.79. The van der Waals surface area contributed by atoms with Crippen molar-refractivity contribution in [1.29, 1.82) is 0 Å². The SMILES string of the molecule is CC1(C)CCCN(CCCCCNC(C)(C)C)C1. The Labute approximate surface area is 115 Å². The summed E-state index contributed by atoms with van der Waals surface area (Å²) in [7, 11) is 0. The molecule has 1 aliphatic rings. The summed E-state index contributed by atoms with van der Waals surface area (Å²) >= 11 is 0. The van der Waals surface area contributed by atoms with E-state index in [4.69, 9.17) is 0 Å². The van der Waals surface area contributed by atoms with Crippen LogP contribution in [0.5, 0.6) is 0 Å². The third-order valence-electron chi connectivity index (χ3n) is 3.79. The highest BCUT2D eigenvalue weighted by molar-refractivity contribution is 4.79. The van der Waals surface area contributed by atoms with Crippen molar-refractivity contribution in [2.24, 2.45) is 5.41 Å². The van der Waals surface area contributed by atoms with E-state index in [2.05, 4.69) is 44.8 Å². The van der Waals surface area contributed by atoms with Gasteiger partial charge in [-0.1, -0.05) is 20.3 Å². The highest BCUT2D eigenvalue weighted by atomic mass is 15.1. The molecule has 1 rings (SSSR count). The lowest BCUT2D eigenvalue weighted by atomic mass is 9.84. The van der Waals surface area contributed by atoms with Crippen molar-refractivity contribution in [2.45, 2.75) is 72.3 Å². The van der Waals surface area contributed by atoms with Crippen molar-refractivity contribution in [3.63, 3.8) is 0 Å². The standard InChI is InChI=1S/C16H34N2/c1-15(2,3)17-11-7-6-8-12-18-13-9-10-16(4,5)14-18/h17H,6-14H2,1-5H3. The topological polar surface area (TPSA) is 15.3 Å². The number of likely N-dealkylation sites (tertiary alicyclic amines) is 1. The molecule has 0 unspecified atom stereocenters. The van der Waals surface area contributed by atoms with Crippen LogP contribution in [0.4, 0.5) is 0 Å². The zero-order valence-corrected chi connectivity index (χ0v) is 13.3. The van der Waals surface area contributed by atoms with Gasteiger partial charge in [0.1, 0.15) is 0 Å². The van der Waals surface area contributed by atoms with E-state index >= 15 is 0 Å². The van der Waals surface area contributed by atoms with Crippen LogP contribution in [0, 0.1) is 5.41 Å². The highest BCUT2D eigenvalue weighted by Crippen LogP contribution is 2.28. The first-order valence-electron chi connectivity index (χ1n) is 7.76. The Morgan fingerprint density at radius 2 is 1.83 bits per heavy atom. The van der Waals surface area contributed by atoms with Crippen LogP contribution in [0.2, 0.25) is 0 Å². The Balaban J connectivity index is 2.01. The lowest BCUT2D eigenvalue weighted by molar-refractivity contribution is 0.116. The predicted octanol–water partition coefficient (Wildman–Crippen LogP) is 3.67. The molecule has 2 heteroatoms. The number of rotatable bonds is 6. The van der Waals surface area contributed by atoms with Gasteiger partial charge in [0, 0.05) is 12.1 Å². The number of hydrogen-bond donors (Lipinski definition) is 1. The number of piperidine rings is 1. The Kier molecular flexibility index (Phi) is 6.13. The number of nitrogens with one attached hydrogen (secondary N) is 1. The van der Waals surface area contributed by atoms with Crippen LogP contribution in [-0.2, 0) is 0 Å². The Morgan fingerprint density at radius 1 is 1.11 bits per heavy atom. The third kappa shape index (κ3) is 7.38. The fourth-order valence-corrected chi connectivity index (χ4v) is 2.84. The van der Waals surface area contributed by atoms with E-state index in [-0.39, 0.29) is 5.54 Å². The minimum absolute atomic E-state index is 0.275. The molecule has 0 amide bonds. The lowest BCUT2D eigenvalue weighted by Gasteiger charge is -2.38. The summed E-state index contributed by atoms with van der Waals surface area (Å²) in [5.74, 6) is 0. The maximum Gasteiger partial charge on any atom is 0.00965 e. The van der Waals surface area contributed by atoms with Crippen LogP contribution >= 0.6 is 0 Å². The largest absolute Gasteiger partial charge is 0.312 e. The molecule has 0 bridgehead atoms. The second-order valence-corrected chi connectivity index (χ2v) is 7.78. The molecule has 0 spiro atoms. The van der Waals surface area contributed by atoms with Crippen LogP contribution in [0.25, 0.3) is 0 Å². The van der Waals surface area contributed by atoms with Gasteiger partial charge in [-0.15, -0.1) is 0 Å². The Morgan fingerprint density at radius 3 is 2.44 bits per heavy atom. The van der Waals surface area contributed by atoms with Crippen molar-refractivity contribution >= 4 is 0 Å². The maximum absolute atomic E-state index is 3.56. The van der Waals surface area contributed by atoms with E-state index in [1.807, 2.05) is 0 Å². The van der Waals surface area contributed by atoms with Gasteiger partial charge >= 0.3 is 0 Å². The first-order chi connectivity index (χ1) is 8.29. The quantitative estimate of drug-likeness (QED) is 0.728. The zero-order chi connectivity index (χ0) is 13.6. The molecule has 1 fully saturated rings. The number of hydrogen-bond acceptors (Lipinski definition) is 2. The normalized spacial score (nSPS) is 21.2. The van der Waals surface area contributed by atoms with Gasteiger partial charge in [0.15, 0.2) is 0 Å². The van der Waals surface area contributed by atoms with Crippen LogP contribution in [0.15, 0.2) is 0 Å². The van der Waals surface area contributed by atoms with E-state index in [1.54, 1.807) is 0 Å². The van der Waals surface area contributed by atoms with Gasteiger partial charge < -0.3 is 10.2 Å². The molecule has 1 heterocycles. The second kappa shape index (κ2) is 6.91. The molecular weight excluding hydrogens is 220 g/mol. The van der Waals surface area contributed by atoms with Gasteiger partial charge in [-0.05, 0) is 71.5 Å². The fourth-order valence-electron chi connectivity index (χ4n) is 2.84. The molecule has 0 aromatic rings. The molecule has 18 heavy (non-hydrogen) atoms. The highest BCUT2D eigenvalue weighted by Gasteiger charge is 2.25. The van der Waals surface area contributed by atoms with E-state index in [1.165, 1.54) is 51.7 Å². The molecule has 1 aliphatic heterocycles. The first kappa shape index (κ1) is 16.0. The van der Waals surface area contributed by atoms with E-state index < -0.39 is 0 Å². The Bertz CT molecular complexity index is 228. The lowest BCUT2D eigenvalue weighted by Crippen LogP contribution is -2.40. The van der Waals surface area contributed by atoms with Crippen molar-refractivity contribution in [1.82, 2.24) is 10.2 Å². The van der Waals surface area contributed by atoms with Gasteiger partial charge in [-0.2, -0.15) is 0 Å². The van der Waals surface area contributed by atoms with Crippen LogP contribution < -0.4 is 5.32 Å². The van der Waals surface area contributed by atoms with Crippen molar-refractivity contribution in [3.8, 4) is 0 Å². The molecule has 0 atom stereocenters. The minimum atomic E-state index is 0.275. The second-order valence-electron chi connectivity index (χ2n) is 7.78. The average Bonchev–Trinajstić information content (AvgIpc) is 2.20. The summed E-state index contributed by atoms with van der Waals surface area (Å²) in [5, 5.41) is 3.56. The molecule has 1 saturated heterocycles. The molecule has 108 valence electrons. The Hall–Kier alpha value is -0.0800.